The molecule has 1 aliphatic rings. The second-order valence-corrected chi connectivity index (χ2v) is 5.93. The Hall–Kier alpha value is -1.10. The van der Waals surface area contributed by atoms with E-state index in [-0.39, 0.29) is 5.91 Å². The summed E-state index contributed by atoms with van der Waals surface area (Å²) in [5.41, 5.74) is 0.737. The molecule has 4 nitrogen and oxygen atoms in total. The van der Waals surface area contributed by atoms with Crippen LogP contribution in [0.4, 0.5) is 5.69 Å². The molecule has 1 aliphatic heterocycles. The van der Waals surface area contributed by atoms with Crippen LogP contribution >= 0.6 is 11.6 Å². The Morgan fingerprint density at radius 1 is 1.50 bits per heavy atom. The van der Waals surface area contributed by atoms with Crippen molar-refractivity contribution in [2.24, 2.45) is 0 Å². The predicted octanol–water partition coefficient (Wildman–Crippen LogP) is 2.35. The van der Waals surface area contributed by atoms with E-state index in [9.17, 15) is 4.79 Å². The number of hydrogen-bond acceptors (Lipinski definition) is 3. The number of nitrogens with zero attached hydrogens (tertiary/aromatic N) is 1. The van der Waals surface area contributed by atoms with Crippen LogP contribution in [-0.2, 0) is 4.79 Å². The van der Waals surface area contributed by atoms with Crippen LogP contribution in [0.5, 0.6) is 0 Å². The molecule has 5 heteroatoms. The van der Waals surface area contributed by atoms with Gasteiger partial charge in [0, 0.05) is 22.8 Å². The van der Waals surface area contributed by atoms with Crippen molar-refractivity contribution in [2.75, 3.05) is 25.5 Å². The smallest absolute Gasteiger partial charge is 0.238 e. The maximum atomic E-state index is 11.9. The molecule has 0 aliphatic carbocycles. The Labute approximate surface area is 125 Å². The normalized spacial score (nSPS) is 23.6. The van der Waals surface area contributed by atoms with Crippen LogP contribution in [0.1, 0.15) is 19.8 Å². The van der Waals surface area contributed by atoms with Crippen molar-refractivity contribution < 1.29 is 4.79 Å². The average Bonchev–Trinajstić information content (AvgIpc) is 2.40. The Kier molecular flexibility index (Phi) is 5.40. The Morgan fingerprint density at radius 3 is 3.00 bits per heavy atom. The highest BCUT2D eigenvalue weighted by Gasteiger charge is 2.22. The van der Waals surface area contributed by atoms with E-state index in [0.29, 0.717) is 23.7 Å². The molecule has 1 fully saturated rings. The van der Waals surface area contributed by atoms with Gasteiger partial charge in [0.15, 0.2) is 0 Å². The second-order valence-electron chi connectivity index (χ2n) is 5.49. The molecule has 1 saturated heterocycles. The van der Waals surface area contributed by atoms with Gasteiger partial charge in [-0.25, -0.2) is 0 Å². The molecule has 2 unspecified atom stereocenters. The van der Waals surface area contributed by atoms with E-state index in [4.69, 9.17) is 11.6 Å². The van der Waals surface area contributed by atoms with E-state index in [2.05, 4.69) is 29.5 Å². The molecule has 2 atom stereocenters. The summed E-state index contributed by atoms with van der Waals surface area (Å²) in [5, 5.41) is 6.81. The van der Waals surface area contributed by atoms with Gasteiger partial charge < -0.3 is 15.5 Å². The first-order valence-electron chi connectivity index (χ1n) is 7.03. The zero-order valence-electron chi connectivity index (χ0n) is 12.0. The molecule has 20 heavy (non-hydrogen) atoms. The van der Waals surface area contributed by atoms with Crippen LogP contribution in [-0.4, -0.2) is 43.0 Å². The lowest BCUT2D eigenvalue weighted by Gasteiger charge is -2.35. The predicted molar refractivity (Wildman–Crippen MR) is 83.2 cm³/mol. The van der Waals surface area contributed by atoms with Gasteiger partial charge in [-0.1, -0.05) is 17.7 Å². The summed E-state index contributed by atoms with van der Waals surface area (Å²) in [4.78, 5) is 14.2. The Bertz CT molecular complexity index is 466. The number of anilines is 1. The van der Waals surface area contributed by atoms with Crippen LogP contribution < -0.4 is 10.6 Å². The van der Waals surface area contributed by atoms with Gasteiger partial charge in [0.25, 0.3) is 0 Å². The molecule has 1 heterocycles. The topological polar surface area (TPSA) is 44.4 Å². The van der Waals surface area contributed by atoms with E-state index < -0.39 is 0 Å². The molecule has 1 aromatic carbocycles. The number of nitrogens with one attached hydrogen (secondary N) is 2. The summed E-state index contributed by atoms with van der Waals surface area (Å²) in [7, 11) is 2.15. The first kappa shape index (κ1) is 15.3. The largest absolute Gasteiger partial charge is 0.325 e. The van der Waals surface area contributed by atoms with Gasteiger partial charge in [-0.15, -0.1) is 0 Å². The number of hydrogen-bond donors (Lipinski definition) is 2. The minimum atomic E-state index is -0.0288. The van der Waals surface area contributed by atoms with Crippen molar-refractivity contribution >= 4 is 23.2 Å². The second kappa shape index (κ2) is 7.07. The summed E-state index contributed by atoms with van der Waals surface area (Å²) < 4.78 is 0. The molecule has 0 aromatic heterocycles. The molecule has 0 bridgehead atoms. The molecule has 2 N–H and O–H groups in total. The first-order valence-corrected chi connectivity index (χ1v) is 7.41. The van der Waals surface area contributed by atoms with E-state index in [0.717, 1.165) is 25.1 Å². The molecule has 1 aromatic rings. The minimum absolute atomic E-state index is 0.0288. The quantitative estimate of drug-likeness (QED) is 0.896. The van der Waals surface area contributed by atoms with Crippen LogP contribution in [0.3, 0.4) is 0 Å². The lowest BCUT2D eigenvalue weighted by molar-refractivity contribution is -0.115. The van der Waals surface area contributed by atoms with Crippen molar-refractivity contribution in [1.82, 2.24) is 10.2 Å². The lowest BCUT2D eigenvalue weighted by atomic mass is 9.99. The number of carbonyl (C=O) groups excluding carboxylic acids is 1. The summed E-state index contributed by atoms with van der Waals surface area (Å²) >= 11 is 5.89. The Morgan fingerprint density at radius 2 is 2.30 bits per heavy atom. The number of halogens is 1. The van der Waals surface area contributed by atoms with Crippen molar-refractivity contribution in [3.8, 4) is 0 Å². The number of rotatable bonds is 4. The zero-order valence-corrected chi connectivity index (χ0v) is 12.8. The molecule has 0 spiro atoms. The van der Waals surface area contributed by atoms with E-state index in [1.54, 1.807) is 12.1 Å². The molecular formula is C15H22ClN3O. The number of likely N-dealkylation sites (tertiary alicyclic amines) is 1. The molecule has 2 rings (SSSR count). The Balaban J connectivity index is 1.75. The molecular weight excluding hydrogens is 274 g/mol. The van der Waals surface area contributed by atoms with Crippen molar-refractivity contribution in [2.45, 2.75) is 31.8 Å². The molecule has 0 radical (unpaired) electrons. The summed E-state index contributed by atoms with van der Waals surface area (Å²) in [5.74, 6) is -0.0288. The van der Waals surface area contributed by atoms with Gasteiger partial charge in [-0.3, -0.25) is 4.79 Å². The number of amides is 1. The average molecular weight is 296 g/mol. The molecule has 1 amide bonds. The van der Waals surface area contributed by atoms with Gasteiger partial charge in [0.1, 0.15) is 0 Å². The van der Waals surface area contributed by atoms with Crippen LogP contribution in [0.2, 0.25) is 5.02 Å². The third-order valence-electron chi connectivity index (χ3n) is 3.87. The van der Waals surface area contributed by atoms with Crippen molar-refractivity contribution in [1.29, 1.82) is 0 Å². The van der Waals surface area contributed by atoms with Crippen LogP contribution in [0.25, 0.3) is 0 Å². The van der Waals surface area contributed by atoms with E-state index in [1.807, 2.05) is 12.1 Å². The SMILES string of the molecule is CC1CC(NCC(=O)Nc2cccc(Cl)c2)CCN1C. The van der Waals surface area contributed by atoms with Gasteiger partial charge in [0.05, 0.1) is 6.54 Å². The molecule has 0 saturated carbocycles. The third-order valence-corrected chi connectivity index (χ3v) is 4.10. The minimum Gasteiger partial charge on any atom is -0.325 e. The van der Waals surface area contributed by atoms with Crippen molar-refractivity contribution in [3.63, 3.8) is 0 Å². The summed E-state index contributed by atoms with van der Waals surface area (Å²) in [6, 6.07) is 8.18. The van der Waals surface area contributed by atoms with Gasteiger partial charge in [0.2, 0.25) is 5.91 Å². The fourth-order valence-electron chi connectivity index (χ4n) is 2.48. The van der Waals surface area contributed by atoms with Gasteiger partial charge >= 0.3 is 0 Å². The maximum Gasteiger partial charge on any atom is 0.238 e. The zero-order chi connectivity index (χ0) is 14.5. The number of benzene rings is 1. The fraction of sp³-hybridized carbons (Fsp3) is 0.533. The third kappa shape index (κ3) is 4.47. The summed E-state index contributed by atoms with van der Waals surface area (Å²) in [6.45, 7) is 3.64. The van der Waals surface area contributed by atoms with Gasteiger partial charge in [-0.2, -0.15) is 0 Å². The lowest BCUT2D eigenvalue weighted by Crippen LogP contribution is -2.47. The van der Waals surface area contributed by atoms with Crippen molar-refractivity contribution in [3.05, 3.63) is 29.3 Å². The maximum absolute atomic E-state index is 11.9. The fourth-order valence-corrected chi connectivity index (χ4v) is 2.67. The highest BCUT2D eigenvalue weighted by molar-refractivity contribution is 6.30. The molecule has 110 valence electrons. The van der Waals surface area contributed by atoms with Gasteiger partial charge in [-0.05, 0) is 51.6 Å². The first-order chi connectivity index (χ1) is 9.54. The highest BCUT2D eigenvalue weighted by Crippen LogP contribution is 2.16. The number of carbonyl (C=O) groups is 1. The van der Waals surface area contributed by atoms with E-state index >= 15 is 0 Å². The monoisotopic (exact) mass is 295 g/mol. The standard InChI is InChI=1S/C15H22ClN3O/c1-11-8-13(6-7-19(11)2)17-10-15(20)18-14-5-3-4-12(16)9-14/h3-5,9,11,13,17H,6-8,10H2,1-2H3,(H,18,20). The van der Waals surface area contributed by atoms with Crippen LogP contribution in [0, 0.1) is 0 Å². The highest BCUT2D eigenvalue weighted by atomic mass is 35.5. The van der Waals surface area contributed by atoms with Crippen LogP contribution in [0.15, 0.2) is 24.3 Å². The van der Waals surface area contributed by atoms with E-state index in [1.165, 1.54) is 0 Å². The number of piperidine rings is 1. The summed E-state index contributed by atoms with van der Waals surface area (Å²) in [6.07, 6.45) is 2.17.